The summed E-state index contributed by atoms with van der Waals surface area (Å²) in [4.78, 5) is 32.7. The van der Waals surface area contributed by atoms with E-state index in [0.717, 1.165) is 10.6 Å². The van der Waals surface area contributed by atoms with Crippen molar-refractivity contribution in [2.45, 2.75) is 13.1 Å². The van der Waals surface area contributed by atoms with Gasteiger partial charge in [-0.05, 0) is 5.56 Å². The minimum absolute atomic E-state index is 0.000665. The average Bonchev–Trinajstić information content (AvgIpc) is 3.16. The Hall–Kier alpha value is -2.29. The quantitative estimate of drug-likeness (QED) is 0.777. The van der Waals surface area contributed by atoms with E-state index in [1.807, 2.05) is 30.3 Å². The van der Waals surface area contributed by atoms with E-state index in [1.54, 1.807) is 10.3 Å². The zero-order valence-corrected chi connectivity index (χ0v) is 15.4. The van der Waals surface area contributed by atoms with E-state index in [-0.39, 0.29) is 11.8 Å². The fourth-order valence-electron chi connectivity index (χ4n) is 2.83. The van der Waals surface area contributed by atoms with Crippen LogP contribution in [-0.4, -0.2) is 59.3 Å². The molecule has 2 aromatic rings. The molecule has 26 heavy (non-hydrogen) atoms. The Morgan fingerprint density at radius 1 is 1.15 bits per heavy atom. The number of nitrogens with two attached hydrogens (primary N) is 1. The number of hydrogen-bond donors (Lipinski definition) is 2. The molecule has 8 heteroatoms. The first-order valence-electron chi connectivity index (χ1n) is 8.62. The molecule has 3 N–H and O–H groups in total. The Balaban J connectivity index is 1.41. The number of rotatable bonds is 6. The van der Waals surface area contributed by atoms with E-state index in [9.17, 15) is 9.59 Å². The van der Waals surface area contributed by atoms with Gasteiger partial charge in [0, 0.05) is 44.6 Å². The van der Waals surface area contributed by atoms with Crippen LogP contribution in [0.4, 0.5) is 0 Å². The van der Waals surface area contributed by atoms with Gasteiger partial charge in [0.15, 0.2) is 0 Å². The van der Waals surface area contributed by atoms with Gasteiger partial charge in [0.2, 0.25) is 5.91 Å². The second kappa shape index (κ2) is 8.88. The van der Waals surface area contributed by atoms with Crippen molar-refractivity contribution in [3.63, 3.8) is 0 Å². The van der Waals surface area contributed by atoms with Crippen molar-refractivity contribution in [3.8, 4) is 0 Å². The number of piperazine rings is 1. The van der Waals surface area contributed by atoms with Crippen LogP contribution in [0.5, 0.6) is 0 Å². The predicted octanol–water partition coefficient (Wildman–Crippen LogP) is 0.676. The second-order valence-electron chi connectivity index (χ2n) is 6.16. The maximum absolute atomic E-state index is 12.4. The number of nitrogens with one attached hydrogen (secondary N) is 1. The van der Waals surface area contributed by atoms with E-state index >= 15 is 0 Å². The summed E-state index contributed by atoms with van der Waals surface area (Å²) in [5.74, 6) is -0.0603. The molecule has 0 aliphatic carbocycles. The van der Waals surface area contributed by atoms with Crippen molar-refractivity contribution in [1.29, 1.82) is 0 Å². The third-order valence-corrected chi connectivity index (χ3v) is 5.18. The Morgan fingerprint density at radius 3 is 2.54 bits per heavy atom. The van der Waals surface area contributed by atoms with E-state index in [1.165, 1.54) is 11.3 Å². The van der Waals surface area contributed by atoms with E-state index in [0.29, 0.717) is 51.5 Å². The highest BCUT2D eigenvalue weighted by atomic mass is 32.1. The lowest BCUT2D eigenvalue weighted by molar-refractivity contribution is -0.122. The van der Waals surface area contributed by atoms with Gasteiger partial charge in [-0.1, -0.05) is 30.3 Å². The van der Waals surface area contributed by atoms with E-state index in [2.05, 4.69) is 15.2 Å². The number of hydrogen-bond acceptors (Lipinski definition) is 6. The SMILES string of the molecule is NCc1nc(C(=O)N2CCN(CC(=O)NCc3ccccc3)CC2)cs1. The van der Waals surface area contributed by atoms with Gasteiger partial charge in [0.1, 0.15) is 10.7 Å². The molecule has 1 aliphatic heterocycles. The smallest absolute Gasteiger partial charge is 0.273 e. The number of carbonyl (C=O) groups is 2. The molecule has 2 amide bonds. The summed E-state index contributed by atoms with van der Waals surface area (Å²) < 4.78 is 0. The zero-order chi connectivity index (χ0) is 18.4. The largest absolute Gasteiger partial charge is 0.351 e. The molecular weight excluding hydrogens is 350 g/mol. The summed E-state index contributed by atoms with van der Waals surface area (Å²) in [6, 6.07) is 9.83. The molecule has 3 rings (SSSR count). The van der Waals surface area contributed by atoms with Crippen molar-refractivity contribution < 1.29 is 9.59 Å². The molecule has 1 aromatic heterocycles. The maximum Gasteiger partial charge on any atom is 0.273 e. The van der Waals surface area contributed by atoms with Gasteiger partial charge in [-0.3, -0.25) is 14.5 Å². The molecule has 0 radical (unpaired) electrons. The summed E-state index contributed by atoms with van der Waals surface area (Å²) in [6.07, 6.45) is 0. The number of nitrogens with zero attached hydrogens (tertiary/aromatic N) is 3. The summed E-state index contributed by atoms with van der Waals surface area (Å²) in [5, 5.41) is 5.46. The number of carbonyl (C=O) groups excluding carboxylic acids is 2. The standard InChI is InChI=1S/C18H23N5O2S/c19-10-17-21-15(13-26-17)18(25)23-8-6-22(7-9-23)12-16(24)20-11-14-4-2-1-3-5-14/h1-5,13H,6-12,19H2,(H,20,24). The number of amides is 2. The maximum atomic E-state index is 12.4. The van der Waals surface area contributed by atoms with Crippen molar-refractivity contribution in [1.82, 2.24) is 20.1 Å². The summed E-state index contributed by atoms with van der Waals surface area (Å²) >= 11 is 1.41. The average molecular weight is 373 g/mol. The molecular formula is C18H23N5O2S. The molecule has 1 aromatic carbocycles. The lowest BCUT2D eigenvalue weighted by Crippen LogP contribution is -2.51. The van der Waals surface area contributed by atoms with Crippen LogP contribution in [0.15, 0.2) is 35.7 Å². The molecule has 138 valence electrons. The Morgan fingerprint density at radius 2 is 1.88 bits per heavy atom. The molecule has 7 nitrogen and oxygen atoms in total. The van der Waals surface area contributed by atoms with Gasteiger partial charge in [-0.15, -0.1) is 11.3 Å². The summed E-state index contributed by atoms with van der Waals surface area (Å²) in [7, 11) is 0. The highest BCUT2D eigenvalue weighted by Crippen LogP contribution is 2.13. The predicted molar refractivity (Wildman–Crippen MR) is 101 cm³/mol. The van der Waals surface area contributed by atoms with Crippen LogP contribution in [0.25, 0.3) is 0 Å². The molecule has 0 bridgehead atoms. The number of aromatic nitrogens is 1. The lowest BCUT2D eigenvalue weighted by atomic mass is 10.2. The van der Waals surface area contributed by atoms with Gasteiger partial charge < -0.3 is 16.0 Å². The minimum Gasteiger partial charge on any atom is -0.351 e. The first kappa shape index (κ1) is 18.5. The topological polar surface area (TPSA) is 91.6 Å². The zero-order valence-electron chi connectivity index (χ0n) is 14.6. The van der Waals surface area contributed by atoms with Crippen molar-refractivity contribution >= 4 is 23.2 Å². The van der Waals surface area contributed by atoms with Crippen LogP contribution in [0, 0.1) is 0 Å². The Bertz CT molecular complexity index is 741. The highest BCUT2D eigenvalue weighted by Gasteiger charge is 2.24. The van der Waals surface area contributed by atoms with Gasteiger partial charge in [0.05, 0.1) is 6.54 Å². The van der Waals surface area contributed by atoms with Gasteiger partial charge in [-0.2, -0.15) is 0 Å². The molecule has 0 saturated carbocycles. The van der Waals surface area contributed by atoms with Crippen LogP contribution in [0.2, 0.25) is 0 Å². The monoisotopic (exact) mass is 373 g/mol. The van der Waals surface area contributed by atoms with Crippen LogP contribution in [0.1, 0.15) is 21.1 Å². The third-order valence-electron chi connectivity index (χ3n) is 4.30. The van der Waals surface area contributed by atoms with Crippen LogP contribution >= 0.6 is 11.3 Å². The summed E-state index contributed by atoms with van der Waals surface area (Å²) in [5.41, 5.74) is 7.09. The van der Waals surface area contributed by atoms with Crippen LogP contribution in [-0.2, 0) is 17.9 Å². The van der Waals surface area contributed by atoms with Gasteiger partial charge in [0.25, 0.3) is 5.91 Å². The fraction of sp³-hybridized carbons (Fsp3) is 0.389. The first-order valence-corrected chi connectivity index (χ1v) is 9.50. The second-order valence-corrected chi connectivity index (χ2v) is 7.10. The molecule has 1 saturated heterocycles. The molecule has 0 unspecified atom stereocenters. The van der Waals surface area contributed by atoms with E-state index in [4.69, 9.17) is 5.73 Å². The van der Waals surface area contributed by atoms with Crippen LogP contribution < -0.4 is 11.1 Å². The molecule has 1 fully saturated rings. The molecule has 1 aliphatic rings. The normalized spacial score (nSPS) is 15.0. The van der Waals surface area contributed by atoms with Gasteiger partial charge in [-0.25, -0.2) is 4.98 Å². The van der Waals surface area contributed by atoms with E-state index < -0.39 is 0 Å². The number of benzene rings is 1. The molecule has 0 atom stereocenters. The molecule has 0 spiro atoms. The van der Waals surface area contributed by atoms with Crippen LogP contribution in [0.3, 0.4) is 0 Å². The minimum atomic E-state index is -0.0610. The lowest BCUT2D eigenvalue weighted by Gasteiger charge is -2.33. The van der Waals surface area contributed by atoms with Crippen molar-refractivity contribution in [2.24, 2.45) is 5.73 Å². The van der Waals surface area contributed by atoms with Crippen molar-refractivity contribution in [3.05, 3.63) is 52.0 Å². The summed E-state index contributed by atoms with van der Waals surface area (Å²) in [6.45, 7) is 3.79. The first-order chi connectivity index (χ1) is 12.7. The van der Waals surface area contributed by atoms with Crippen molar-refractivity contribution in [2.75, 3.05) is 32.7 Å². The Kier molecular flexibility index (Phi) is 6.32. The number of thiazole rings is 1. The Labute approximate surface area is 156 Å². The molecule has 2 heterocycles. The highest BCUT2D eigenvalue weighted by molar-refractivity contribution is 7.09. The third kappa shape index (κ3) is 4.87. The fourth-order valence-corrected chi connectivity index (χ4v) is 3.48. The van der Waals surface area contributed by atoms with Gasteiger partial charge >= 0.3 is 0 Å².